The van der Waals surface area contributed by atoms with Crippen LogP contribution >= 0.6 is 0 Å². The van der Waals surface area contributed by atoms with Gasteiger partial charge in [0.25, 0.3) is 5.91 Å². The van der Waals surface area contributed by atoms with E-state index in [-0.39, 0.29) is 34.8 Å². The number of hydrogen-bond acceptors (Lipinski definition) is 4. The van der Waals surface area contributed by atoms with Crippen molar-refractivity contribution in [1.29, 1.82) is 0 Å². The van der Waals surface area contributed by atoms with Crippen LogP contribution in [0.15, 0.2) is 60.0 Å². The molecule has 0 radical (unpaired) electrons. The van der Waals surface area contributed by atoms with Crippen molar-refractivity contribution in [2.24, 2.45) is 0 Å². The Morgan fingerprint density at radius 3 is 2.12 bits per heavy atom. The van der Waals surface area contributed by atoms with Gasteiger partial charge in [0.1, 0.15) is 0 Å². The van der Waals surface area contributed by atoms with Crippen molar-refractivity contribution in [3.05, 3.63) is 77.4 Å². The first kappa shape index (κ1) is 25.6. The van der Waals surface area contributed by atoms with Crippen LogP contribution in [0.3, 0.4) is 0 Å². The molecule has 182 valence electrons. The van der Waals surface area contributed by atoms with E-state index in [0.29, 0.717) is 24.9 Å². The number of rotatable bonds is 7. The van der Waals surface area contributed by atoms with Gasteiger partial charge in [-0.15, -0.1) is 0 Å². The molecule has 1 heterocycles. The van der Waals surface area contributed by atoms with Crippen molar-refractivity contribution < 1.29 is 18.0 Å². The number of nitrogens with zero attached hydrogens (tertiary/aromatic N) is 1. The van der Waals surface area contributed by atoms with Crippen LogP contribution in [-0.2, 0) is 21.4 Å². The Hall–Kier alpha value is -2.97. The van der Waals surface area contributed by atoms with Crippen LogP contribution in [0, 0.1) is 13.8 Å². The van der Waals surface area contributed by atoms with Crippen molar-refractivity contribution in [2.75, 3.05) is 0 Å². The summed E-state index contributed by atoms with van der Waals surface area (Å²) in [5.74, 6) is -0.518. The third kappa shape index (κ3) is 5.93. The third-order valence-corrected chi connectivity index (χ3v) is 8.22. The van der Waals surface area contributed by atoms with Crippen molar-refractivity contribution in [3.8, 4) is 0 Å². The lowest BCUT2D eigenvalue weighted by molar-refractivity contribution is -0.117. The summed E-state index contributed by atoms with van der Waals surface area (Å²) in [6.07, 6.45) is 2.25. The van der Waals surface area contributed by atoms with E-state index in [1.54, 1.807) is 0 Å². The van der Waals surface area contributed by atoms with Crippen molar-refractivity contribution in [2.45, 2.75) is 70.1 Å². The summed E-state index contributed by atoms with van der Waals surface area (Å²) >= 11 is 0. The van der Waals surface area contributed by atoms with Gasteiger partial charge in [-0.2, -0.15) is 4.31 Å². The van der Waals surface area contributed by atoms with Gasteiger partial charge >= 0.3 is 0 Å². The van der Waals surface area contributed by atoms with Crippen molar-refractivity contribution in [1.82, 2.24) is 14.9 Å². The van der Waals surface area contributed by atoms with Crippen LogP contribution in [-0.4, -0.2) is 42.7 Å². The molecule has 7 nitrogen and oxygen atoms in total. The molecular formula is C26H33N3O4S. The van der Waals surface area contributed by atoms with E-state index in [0.717, 1.165) is 16.7 Å². The number of piperidine rings is 1. The maximum atomic E-state index is 13.4. The van der Waals surface area contributed by atoms with Gasteiger partial charge < -0.3 is 10.6 Å². The summed E-state index contributed by atoms with van der Waals surface area (Å²) in [5.41, 5.74) is 3.68. The minimum atomic E-state index is -3.76. The summed E-state index contributed by atoms with van der Waals surface area (Å²) in [7, 11) is -3.76. The highest BCUT2D eigenvalue weighted by atomic mass is 32.2. The van der Waals surface area contributed by atoms with Crippen molar-refractivity contribution in [3.63, 3.8) is 0 Å². The fourth-order valence-corrected chi connectivity index (χ4v) is 6.61. The molecule has 8 heteroatoms. The molecule has 0 aliphatic carbocycles. The zero-order valence-corrected chi connectivity index (χ0v) is 21.0. The Morgan fingerprint density at radius 1 is 1.03 bits per heavy atom. The minimum absolute atomic E-state index is 0.106. The van der Waals surface area contributed by atoms with Gasteiger partial charge in [-0.25, -0.2) is 8.42 Å². The molecule has 34 heavy (non-hydrogen) atoms. The lowest BCUT2D eigenvalue weighted by Crippen LogP contribution is -2.54. The highest BCUT2D eigenvalue weighted by Crippen LogP contribution is 2.30. The van der Waals surface area contributed by atoms with E-state index in [1.165, 1.54) is 34.6 Å². The zero-order chi connectivity index (χ0) is 25.0. The van der Waals surface area contributed by atoms with E-state index in [9.17, 15) is 18.0 Å². The van der Waals surface area contributed by atoms with Crippen molar-refractivity contribution >= 4 is 21.8 Å². The molecule has 0 aromatic heterocycles. The van der Waals surface area contributed by atoms with Crippen LogP contribution in [0.2, 0.25) is 0 Å². The molecule has 1 aliphatic heterocycles. The lowest BCUT2D eigenvalue weighted by Gasteiger charge is -2.41. The smallest absolute Gasteiger partial charge is 0.251 e. The maximum Gasteiger partial charge on any atom is 0.251 e. The normalized spacial score (nSPS) is 21.0. The monoisotopic (exact) mass is 483 g/mol. The van der Waals surface area contributed by atoms with Gasteiger partial charge in [0.15, 0.2) is 0 Å². The first-order valence-electron chi connectivity index (χ1n) is 11.4. The molecule has 2 amide bonds. The molecule has 0 saturated carbocycles. The molecule has 1 aliphatic rings. The standard InChI is InChI=1S/C26H33N3O4S/c1-6-25(30)28-23-14-19(4)29(20(5)15-23)34(32,33)24-9-7-22(8-10-24)26(31)27-16-21-12-17(2)11-18(3)13-21/h6-13,19-20,23H,1,14-16H2,2-5H3,(H,27,31)(H,28,30). The van der Waals surface area contributed by atoms with Gasteiger partial charge in [-0.3, -0.25) is 9.59 Å². The van der Waals surface area contributed by atoms with Gasteiger partial charge in [-0.1, -0.05) is 35.9 Å². The van der Waals surface area contributed by atoms with Gasteiger partial charge in [-0.05, 0) is 76.4 Å². The molecule has 2 unspecified atom stereocenters. The first-order valence-corrected chi connectivity index (χ1v) is 12.9. The Balaban J connectivity index is 1.68. The molecule has 3 rings (SSSR count). The van der Waals surface area contributed by atoms with Gasteiger partial charge in [0.2, 0.25) is 15.9 Å². The fourth-order valence-electron chi connectivity index (χ4n) is 4.77. The van der Waals surface area contributed by atoms with E-state index < -0.39 is 10.0 Å². The predicted molar refractivity (Wildman–Crippen MR) is 133 cm³/mol. The van der Waals surface area contributed by atoms with E-state index in [2.05, 4.69) is 23.3 Å². The Bertz CT molecular complexity index is 1140. The molecule has 2 aromatic rings. The highest BCUT2D eigenvalue weighted by Gasteiger charge is 2.39. The summed E-state index contributed by atoms with van der Waals surface area (Å²) in [6.45, 7) is 11.6. The van der Waals surface area contributed by atoms with Crippen LogP contribution < -0.4 is 10.6 Å². The Morgan fingerprint density at radius 2 is 1.59 bits per heavy atom. The largest absolute Gasteiger partial charge is 0.350 e. The number of carbonyl (C=O) groups excluding carboxylic acids is 2. The van der Waals surface area contributed by atoms with E-state index in [1.807, 2.05) is 39.8 Å². The quantitative estimate of drug-likeness (QED) is 0.590. The van der Waals surface area contributed by atoms with Crippen LogP contribution in [0.5, 0.6) is 0 Å². The molecule has 2 aromatic carbocycles. The van der Waals surface area contributed by atoms with Gasteiger partial charge in [0, 0.05) is 30.2 Å². The average molecular weight is 484 g/mol. The zero-order valence-electron chi connectivity index (χ0n) is 20.2. The van der Waals surface area contributed by atoms with E-state index in [4.69, 9.17) is 0 Å². The third-order valence-electron chi connectivity index (χ3n) is 6.08. The summed E-state index contributed by atoms with van der Waals surface area (Å²) in [4.78, 5) is 24.4. The summed E-state index contributed by atoms with van der Waals surface area (Å²) in [5, 5.41) is 5.76. The SMILES string of the molecule is C=CC(=O)NC1CC(C)N(S(=O)(=O)c2ccc(C(=O)NCc3cc(C)cc(C)c3)cc2)C(C)C1. The maximum absolute atomic E-state index is 13.4. The van der Waals surface area contributed by atoms with Gasteiger partial charge in [0.05, 0.1) is 4.90 Å². The first-order chi connectivity index (χ1) is 16.0. The van der Waals surface area contributed by atoms with Crippen LogP contribution in [0.1, 0.15) is 53.7 Å². The fraction of sp³-hybridized carbons (Fsp3) is 0.385. The van der Waals surface area contributed by atoms with E-state index >= 15 is 0 Å². The minimum Gasteiger partial charge on any atom is -0.350 e. The molecule has 1 fully saturated rings. The topological polar surface area (TPSA) is 95.6 Å². The summed E-state index contributed by atoms with van der Waals surface area (Å²) in [6, 6.07) is 11.5. The Kier molecular flexibility index (Phi) is 7.94. The second kappa shape index (κ2) is 10.5. The lowest BCUT2D eigenvalue weighted by atomic mass is 9.95. The molecule has 0 spiro atoms. The molecule has 0 bridgehead atoms. The molecular weight excluding hydrogens is 450 g/mol. The number of hydrogen-bond donors (Lipinski definition) is 2. The molecule has 2 N–H and O–H groups in total. The number of sulfonamides is 1. The number of aryl methyl sites for hydroxylation is 2. The number of benzene rings is 2. The Labute approximate surface area is 202 Å². The molecule has 2 atom stereocenters. The summed E-state index contributed by atoms with van der Waals surface area (Å²) < 4.78 is 28.2. The predicted octanol–water partition coefficient (Wildman–Crippen LogP) is 3.47. The van der Waals surface area contributed by atoms with Crippen LogP contribution in [0.25, 0.3) is 0 Å². The number of amides is 2. The molecule has 1 saturated heterocycles. The average Bonchev–Trinajstić information content (AvgIpc) is 2.76. The highest BCUT2D eigenvalue weighted by molar-refractivity contribution is 7.89. The second-order valence-electron chi connectivity index (χ2n) is 9.12. The number of carbonyl (C=O) groups is 2. The second-order valence-corrected chi connectivity index (χ2v) is 11.0. The van der Waals surface area contributed by atoms with Crippen LogP contribution in [0.4, 0.5) is 0 Å². The number of nitrogens with one attached hydrogen (secondary N) is 2.